The first-order chi connectivity index (χ1) is 11.1. The van der Waals surface area contributed by atoms with Crippen LogP contribution in [0, 0.1) is 13.8 Å². The zero-order valence-electron chi connectivity index (χ0n) is 12.7. The lowest BCUT2D eigenvalue weighted by Crippen LogP contribution is -2.13. The van der Waals surface area contributed by atoms with E-state index in [1.165, 1.54) is 12.4 Å². The number of amides is 1. The van der Waals surface area contributed by atoms with Gasteiger partial charge in [-0.25, -0.2) is 9.97 Å². The molecule has 3 aromatic rings. The number of benzene rings is 1. The number of aryl methyl sites for hydroxylation is 2. The van der Waals surface area contributed by atoms with E-state index in [-0.39, 0.29) is 5.91 Å². The average molecular weight is 309 g/mol. The summed E-state index contributed by atoms with van der Waals surface area (Å²) in [6.45, 7) is 3.75. The number of nitrogens with one attached hydrogen (secondary N) is 2. The fraction of sp³-hybridized carbons (Fsp3) is 0.125. The fourth-order valence-corrected chi connectivity index (χ4v) is 1.98. The highest BCUT2D eigenvalue weighted by atomic mass is 16.5. The minimum absolute atomic E-state index is 0.334. The Hall–Kier alpha value is -3.22. The van der Waals surface area contributed by atoms with Crippen molar-refractivity contribution in [1.82, 2.24) is 15.1 Å². The van der Waals surface area contributed by atoms with Gasteiger partial charge in [-0.2, -0.15) is 0 Å². The number of carbonyl (C=O) groups excluding carboxylic acids is 1. The van der Waals surface area contributed by atoms with E-state index >= 15 is 0 Å². The predicted molar refractivity (Wildman–Crippen MR) is 85.7 cm³/mol. The Morgan fingerprint density at radius 1 is 1.13 bits per heavy atom. The van der Waals surface area contributed by atoms with Gasteiger partial charge in [0, 0.05) is 24.1 Å². The second-order valence-electron chi connectivity index (χ2n) is 5.07. The number of rotatable bonds is 4. The largest absolute Gasteiger partial charge is 0.360 e. The summed E-state index contributed by atoms with van der Waals surface area (Å²) in [6, 6.07) is 9.48. The van der Waals surface area contributed by atoms with E-state index in [0.29, 0.717) is 23.1 Å². The number of anilines is 3. The van der Waals surface area contributed by atoms with Crippen molar-refractivity contribution in [3.05, 3.63) is 59.6 Å². The predicted octanol–water partition coefficient (Wildman–Crippen LogP) is 3.08. The molecule has 0 aliphatic heterocycles. The van der Waals surface area contributed by atoms with Crippen molar-refractivity contribution in [2.24, 2.45) is 0 Å². The molecule has 1 amide bonds. The molecule has 2 N–H and O–H groups in total. The molecule has 0 aliphatic carbocycles. The molecule has 0 radical (unpaired) electrons. The Bertz CT molecular complexity index is 826. The van der Waals surface area contributed by atoms with Crippen LogP contribution < -0.4 is 10.6 Å². The summed E-state index contributed by atoms with van der Waals surface area (Å²) in [5.74, 6) is 1.05. The highest BCUT2D eigenvalue weighted by molar-refractivity contribution is 6.03. The molecule has 2 aromatic heterocycles. The lowest BCUT2D eigenvalue weighted by Gasteiger charge is -2.06. The molecule has 0 saturated heterocycles. The first-order valence-electron chi connectivity index (χ1n) is 7.00. The molecular weight excluding hydrogens is 294 g/mol. The molecule has 3 rings (SSSR count). The molecule has 116 valence electrons. The van der Waals surface area contributed by atoms with Gasteiger partial charge in [-0.05, 0) is 31.5 Å². The van der Waals surface area contributed by atoms with Crippen molar-refractivity contribution in [3.63, 3.8) is 0 Å². The standard InChI is InChI=1S/C16H15N5O2/c1-10-4-3-5-13(6-10)19-16-17-8-12(9-18-16)15(22)20-14-7-11(2)23-21-14/h3-9H,1-2H3,(H,17,18,19)(H,20,21,22). The summed E-state index contributed by atoms with van der Waals surface area (Å²) in [7, 11) is 0. The molecule has 2 heterocycles. The summed E-state index contributed by atoms with van der Waals surface area (Å²) in [5.41, 5.74) is 2.36. The first kappa shape index (κ1) is 14.7. The van der Waals surface area contributed by atoms with E-state index in [0.717, 1.165) is 11.3 Å². The van der Waals surface area contributed by atoms with Crippen molar-refractivity contribution in [1.29, 1.82) is 0 Å². The highest BCUT2D eigenvalue weighted by Crippen LogP contribution is 2.14. The molecule has 0 aliphatic rings. The number of hydrogen-bond donors (Lipinski definition) is 2. The van der Waals surface area contributed by atoms with Crippen LogP contribution in [0.5, 0.6) is 0 Å². The third kappa shape index (κ3) is 3.70. The van der Waals surface area contributed by atoms with Crippen LogP contribution in [-0.2, 0) is 0 Å². The molecule has 0 spiro atoms. The van der Waals surface area contributed by atoms with Gasteiger partial charge in [-0.3, -0.25) is 4.79 Å². The minimum Gasteiger partial charge on any atom is -0.360 e. The topological polar surface area (TPSA) is 92.9 Å². The molecule has 23 heavy (non-hydrogen) atoms. The maximum absolute atomic E-state index is 12.0. The van der Waals surface area contributed by atoms with E-state index in [2.05, 4.69) is 25.8 Å². The van der Waals surface area contributed by atoms with Gasteiger partial charge >= 0.3 is 0 Å². The van der Waals surface area contributed by atoms with Gasteiger partial charge in [-0.15, -0.1) is 0 Å². The molecule has 7 nitrogen and oxygen atoms in total. The summed E-state index contributed by atoms with van der Waals surface area (Å²) >= 11 is 0. The van der Waals surface area contributed by atoms with Crippen LogP contribution in [0.2, 0.25) is 0 Å². The van der Waals surface area contributed by atoms with Crippen LogP contribution >= 0.6 is 0 Å². The first-order valence-corrected chi connectivity index (χ1v) is 7.00. The highest BCUT2D eigenvalue weighted by Gasteiger charge is 2.10. The molecule has 0 saturated carbocycles. The summed E-state index contributed by atoms with van der Waals surface area (Å²) in [4.78, 5) is 20.3. The third-order valence-corrected chi connectivity index (χ3v) is 3.06. The van der Waals surface area contributed by atoms with E-state index < -0.39 is 0 Å². The Kier molecular flexibility index (Phi) is 4.01. The van der Waals surface area contributed by atoms with Crippen molar-refractivity contribution >= 4 is 23.4 Å². The SMILES string of the molecule is Cc1cccc(Nc2ncc(C(=O)Nc3cc(C)on3)cn2)c1. The van der Waals surface area contributed by atoms with Crippen molar-refractivity contribution in [2.75, 3.05) is 10.6 Å². The Balaban J connectivity index is 1.68. The zero-order chi connectivity index (χ0) is 16.2. The number of nitrogens with zero attached hydrogens (tertiary/aromatic N) is 3. The minimum atomic E-state index is -0.347. The average Bonchev–Trinajstić information content (AvgIpc) is 2.93. The van der Waals surface area contributed by atoms with Crippen molar-refractivity contribution in [2.45, 2.75) is 13.8 Å². The van der Waals surface area contributed by atoms with Crippen LogP contribution in [0.3, 0.4) is 0 Å². The van der Waals surface area contributed by atoms with Gasteiger partial charge in [0.25, 0.3) is 5.91 Å². The summed E-state index contributed by atoms with van der Waals surface area (Å²) < 4.78 is 4.89. The van der Waals surface area contributed by atoms with E-state index in [1.54, 1.807) is 13.0 Å². The monoisotopic (exact) mass is 309 g/mol. The van der Waals surface area contributed by atoms with Crippen LogP contribution in [0.1, 0.15) is 21.7 Å². The van der Waals surface area contributed by atoms with Crippen molar-refractivity contribution in [3.8, 4) is 0 Å². The van der Waals surface area contributed by atoms with Gasteiger partial charge < -0.3 is 15.2 Å². The zero-order valence-corrected chi connectivity index (χ0v) is 12.7. The molecular formula is C16H15N5O2. The Morgan fingerprint density at radius 3 is 2.57 bits per heavy atom. The van der Waals surface area contributed by atoms with Crippen molar-refractivity contribution < 1.29 is 9.32 Å². The van der Waals surface area contributed by atoms with Crippen LogP contribution in [0.15, 0.2) is 47.2 Å². The molecule has 0 atom stereocenters. The van der Waals surface area contributed by atoms with Gasteiger partial charge in [0.1, 0.15) is 5.76 Å². The second-order valence-corrected chi connectivity index (χ2v) is 5.07. The van der Waals surface area contributed by atoms with Gasteiger partial charge in [0.05, 0.1) is 5.56 Å². The van der Waals surface area contributed by atoms with Gasteiger partial charge in [0.15, 0.2) is 5.82 Å². The maximum atomic E-state index is 12.0. The molecule has 0 bridgehead atoms. The van der Waals surface area contributed by atoms with Gasteiger partial charge in [0.2, 0.25) is 5.95 Å². The maximum Gasteiger partial charge on any atom is 0.260 e. The number of carbonyl (C=O) groups is 1. The summed E-state index contributed by atoms with van der Waals surface area (Å²) in [5, 5.41) is 9.40. The number of hydrogen-bond acceptors (Lipinski definition) is 6. The molecule has 0 fully saturated rings. The van der Waals surface area contributed by atoms with Gasteiger partial charge in [-0.1, -0.05) is 17.3 Å². The Morgan fingerprint density at radius 2 is 1.91 bits per heavy atom. The van der Waals surface area contributed by atoms with E-state index in [9.17, 15) is 4.79 Å². The molecule has 7 heteroatoms. The van der Waals surface area contributed by atoms with Crippen LogP contribution in [0.25, 0.3) is 0 Å². The fourth-order valence-electron chi connectivity index (χ4n) is 1.98. The lowest BCUT2D eigenvalue weighted by atomic mass is 10.2. The van der Waals surface area contributed by atoms with E-state index in [1.807, 2.05) is 31.2 Å². The summed E-state index contributed by atoms with van der Waals surface area (Å²) in [6.07, 6.45) is 2.90. The quantitative estimate of drug-likeness (QED) is 0.769. The molecule has 0 unspecified atom stereocenters. The second kappa shape index (κ2) is 6.27. The third-order valence-electron chi connectivity index (χ3n) is 3.06. The number of aromatic nitrogens is 3. The lowest BCUT2D eigenvalue weighted by molar-refractivity contribution is 0.102. The van der Waals surface area contributed by atoms with Crippen LogP contribution in [-0.4, -0.2) is 21.0 Å². The smallest absolute Gasteiger partial charge is 0.260 e. The normalized spacial score (nSPS) is 10.3. The van der Waals surface area contributed by atoms with Crippen LogP contribution in [0.4, 0.5) is 17.5 Å². The molecule has 1 aromatic carbocycles. The Labute approximate surface area is 132 Å². The van der Waals surface area contributed by atoms with E-state index in [4.69, 9.17) is 4.52 Å².